The minimum Gasteiger partial charge on any atom is -0.397 e. The number of aromatic nitrogens is 2. The van der Waals surface area contributed by atoms with Gasteiger partial charge in [0.15, 0.2) is 11.6 Å². The lowest BCUT2D eigenvalue weighted by Crippen LogP contribution is -2.06. The van der Waals surface area contributed by atoms with Crippen molar-refractivity contribution in [2.75, 3.05) is 11.5 Å². The van der Waals surface area contributed by atoms with Gasteiger partial charge in [-0.05, 0) is 30.7 Å². The maximum atomic E-state index is 12.9. The lowest BCUT2D eigenvalue weighted by Gasteiger charge is -1.98. The largest absolute Gasteiger partial charge is 0.397 e. The Morgan fingerprint density at radius 2 is 1.34 bits per heavy atom. The fourth-order valence-electron chi connectivity index (χ4n) is 2.02. The number of aryl methyl sites for hydroxylation is 1. The van der Waals surface area contributed by atoms with E-state index in [-0.39, 0.29) is 28.7 Å². The number of hydrogen-bond acceptors (Lipinski definition) is 7. The summed E-state index contributed by atoms with van der Waals surface area (Å²) >= 11 is 7.00. The topological polar surface area (TPSA) is 107 Å². The molecule has 35 heavy (non-hydrogen) atoms. The number of hydrogen-bond donors (Lipinski definition) is 2. The molecule has 0 saturated heterocycles. The summed E-state index contributed by atoms with van der Waals surface area (Å²) in [6.07, 6.45) is 0. The van der Waals surface area contributed by atoms with E-state index in [0.717, 1.165) is 35.1 Å². The number of nitrogen functional groups attached to an aromatic ring is 2. The van der Waals surface area contributed by atoms with Gasteiger partial charge in [-0.15, -0.1) is 0 Å². The molecule has 4 rings (SSSR count). The molecule has 0 atom stereocenters. The first-order chi connectivity index (χ1) is 16.3. The molecule has 3 aromatic carbocycles. The molecular weight excluding hydrogens is 535 g/mol. The van der Waals surface area contributed by atoms with E-state index in [4.69, 9.17) is 22.5 Å². The van der Waals surface area contributed by atoms with Gasteiger partial charge in [-0.2, -0.15) is 28.4 Å². The van der Waals surface area contributed by atoms with Gasteiger partial charge in [0.05, 0.1) is 28.8 Å². The Morgan fingerprint density at radius 3 is 1.80 bits per heavy atom. The highest BCUT2D eigenvalue weighted by Gasteiger charge is 2.05. The van der Waals surface area contributed by atoms with E-state index in [2.05, 4.69) is 32.8 Å². The molecular formula is C22H25ClF3N5OS2Si. The number of halogens is 4. The summed E-state index contributed by atoms with van der Waals surface area (Å²) in [7, 11) is -1.14. The zero-order valence-electron chi connectivity index (χ0n) is 19.4. The van der Waals surface area contributed by atoms with Crippen molar-refractivity contribution in [3.05, 3.63) is 77.6 Å². The predicted molar refractivity (Wildman–Crippen MR) is 143 cm³/mol. The molecule has 0 aliphatic carbocycles. The summed E-state index contributed by atoms with van der Waals surface area (Å²) in [5.74, 6) is -2.18. The van der Waals surface area contributed by atoms with Gasteiger partial charge in [0.1, 0.15) is 24.2 Å². The maximum Gasteiger partial charge on any atom is 0.205 e. The van der Waals surface area contributed by atoms with Crippen molar-refractivity contribution in [2.45, 2.75) is 26.6 Å². The third kappa shape index (κ3) is 12.5. The van der Waals surface area contributed by atoms with Crippen molar-refractivity contribution in [1.29, 1.82) is 0 Å². The van der Waals surface area contributed by atoms with E-state index >= 15 is 0 Å². The van der Waals surface area contributed by atoms with Gasteiger partial charge in [-0.1, -0.05) is 37.8 Å². The van der Waals surface area contributed by atoms with Crippen molar-refractivity contribution < 1.29 is 17.4 Å². The summed E-state index contributed by atoms with van der Waals surface area (Å²) in [6.45, 7) is 7.99. The molecule has 0 fully saturated rings. The van der Waals surface area contributed by atoms with Gasteiger partial charge in [-0.3, -0.25) is 0 Å². The van der Waals surface area contributed by atoms with E-state index < -0.39 is 19.0 Å². The Labute approximate surface area is 215 Å². The first-order valence-corrected chi connectivity index (χ1v) is 15.9. The molecule has 4 N–H and O–H groups in total. The van der Waals surface area contributed by atoms with E-state index in [1.165, 1.54) is 6.07 Å². The number of anilines is 2. The standard InChI is InChI=1S/C7H5FN2S.C6H6F2N2.C6H5NOS.C3H9ClSi/c1-4-2-6-7(3-5(4)8)10-11-9-6;7-3-1-5(9)6(10)2-4(3)8;8-9-7-6-4-2-1-3-5-6;1-5(2,3)4/h2-3H,1H3;1-2H,9-10H2;1-5H;1-3H3. The van der Waals surface area contributed by atoms with Crippen LogP contribution in [0.5, 0.6) is 0 Å². The highest BCUT2D eigenvalue weighted by atomic mass is 35.6. The summed E-state index contributed by atoms with van der Waals surface area (Å²) < 4.78 is 58.7. The second-order valence-electron chi connectivity index (χ2n) is 7.82. The average Bonchev–Trinajstić information content (AvgIpc) is 3.20. The van der Waals surface area contributed by atoms with E-state index in [1.807, 2.05) is 18.2 Å². The highest BCUT2D eigenvalue weighted by Crippen LogP contribution is 2.18. The van der Waals surface area contributed by atoms with Crippen molar-refractivity contribution in [3.8, 4) is 0 Å². The first kappa shape index (κ1) is 30.2. The second-order valence-corrected chi connectivity index (χ2v) is 16.2. The maximum absolute atomic E-state index is 12.9. The van der Waals surface area contributed by atoms with E-state index in [0.29, 0.717) is 11.1 Å². The van der Waals surface area contributed by atoms with Crippen LogP contribution in [0.15, 0.2) is 59.0 Å². The lowest BCUT2D eigenvalue weighted by molar-refractivity contribution is 0.510. The molecule has 0 amide bonds. The Bertz CT molecular complexity index is 1190. The van der Waals surface area contributed by atoms with Gasteiger partial charge in [0.2, 0.25) is 11.5 Å². The first-order valence-electron chi connectivity index (χ1n) is 9.94. The molecule has 0 unspecified atom stereocenters. The van der Waals surface area contributed by atoms with E-state index in [1.54, 1.807) is 25.1 Å². The monoisotopic (exact) mass is 559 g/mol. The molecule has 1 heterocycles. The Kier molecular flexibility index (Phi) is 12.6. The zero-order valence-corrected chi connectivity index (χ0v) is 22.8. The molecule has 0 radical (unpaired) electrons. The number of rotatable bonds is 1. The average molecular weight is 560 g/mol. The van der Waals surface area contributed by atoms with Crippen LogP contribution < -0.4 is 11.5 Å². The van der Waals surface area contributed by atoms with Gasteiger partial charge in [-0.25, -0.2) is 13.2 Å². The number of nitrogens with two attached hydrogens (primary N) is 2. The quantitative estimate of drug-likeness (QED) is 0.148. The van der Waals surface area contributed by atoms with Gasteiger partial charge < -0.3 is 11.5 Å². The van der Waals surface area contributed by atoms with Gasteiger partial charge in [0, 0.05) is 18.2 Å². The Balaban J connectivity index is 0.000000241. The summed E-state index contributed by atoms with van der Waals surface area (Å²) in [5.41, 5.74) is 13.2. The third-order valence-electron chi connectivity index (χ3n) is 3.56. The second kappa shape index (κ2) is 14.6. The van der Waals surface area contributed by atoms with Crippen LogP contribution in [-0.4, -0.2) is 20.3 Å². The lowest BCUT2D eigenvalue weighted by atomic mass is 10.2. The predicted octanol–water partition coefficient (Wildman–Crippen LogP) is 7.04. The number of fused-ring (bicyclic) bond motifs is 1. The van der Waals surface area contributed by atoms with Crippen LogP contribution >= 0.6 is 22.8 Å². The molecule has 4 aromatic rings. The summed E-state index contributed by atoms with van der Waals surface area (Å²) in [6, 6.07) is 14.0. The molecule has 188 valence electrons. The normalized spacial score (nSPS) is 10.1. The minimum absolute atomic E-state index is 0.0545. The van der Waals surface area contributed by atoms with Gasteiger partial charge in [0.25, 0.3) is 0 Å². The fraction of sp³-hybridized carbons (Fsp3) is 0.182. The van der Waals surface area contributed by atoms with Crippen LogP contribution in [0.1, 0.15) is 5.56 Å². The molecule has 0 bridgehead atoms. The number of nitrogens with zero attached hydrogens (tertiary/aromatic N) is 3. The minimum atomic E-state index is -1.14. The summed E-state index contributed by atoms with van der Waals surface area (Å²) in [5, 5.41) is 0. The molecule has 6 nitrogen and oxygen atoms in total. The van der Waals surface area contributed by atoms with Crippen LogP contribution in [0, 0.1) is 24.4 Å². The fourth-order valence-corrected chi connectivity index (χ4v) is 2.74. The molecule has 13 heteroatoms. The van der Waals surface area contributed by atoms with Crippen molar-refractivity contribution >= 4 is 69.7 Å². The van der Waals surface area contributed by atoms with Crippen molar-refractivity contribution in [1.82, 2.24) is 8.75 Å². The Hall–Kier alpha value is -2.80. The zero-order chi connectivity index (χ0) is 26.6. The molecule has 0 saturated carbocycles. The van der Waals surface area contributed by atoms with Gasteiger partial charge >= 0.3 is 0 Å². The molecule has 0 aliphatic rings. The van der Waals surface area contributed by atoms with Crippen LogP contribution in [0.3, 0.4) is 0 Å². The SMILES string of the molecule is C[Si](C)(C)Cl.Cc1cc2nsnc2cc1F.Nc1cc(F)c(F)cc1N.O=S=Nc1ccccc1. The molecule has 1 aromatic heterocycles. The van der Waals surface area contributed by atoms with Crippen LogP contribution in [-0.2, 0) is 11.5 Å². The smallest absolute Gasteiger partial charge is 0.205 e. The van der Waals surface area contributed by atoms with Crippen LogP contribution in [0.2, 0.25) is 19.6 Å². The van der Waals surface area contributed by atoms with Crippen LogP contribution in [0.4, 0.5) is 30.2 Å². The number of benzene rings is 3. The van der Waals surface area contributed by atoms with Crippen molar-refractivity contribution in [2.24, 2.45) is 4.36 Å². The summed E-state index contributed by atoms with van der Waals surface area (Å²) in [4.78, 5) is 0. The van der Waals surface area contributed by atoms with E-state index in [9.17, 15) is 17.4 Å². The Morgan fingerprint density at radius 1 is 0.886 bits per heavy atom. The van der Waals surface area contributed by atoms with Crippen molar-refractivity contribution in [3.63, 3.8) is 0 Å². The third-order valence-corrected chi connectivity index (χ3v) is 4.40. The highest BCUT2D eigenvalue weighted by molar-refractivity contribution is 7.54. The molecule has 0 spiro atoms. The van der Waals surface area contributed by atoms with Crippen LogP contribution in [0.25, 0.3) is 11.0 Å². The molecule has 0 aliphatic heterocycles.